The highest BCUT2D eigenvalue weighted by Crippen LogP contribution is 2.39. The standard InChI is InChI=1S/C25H29N5O3/c1-33-24(31)19-16-20(30-14-11-25(32,10-13-26)12-15-30)21(22(27)17-6-5-7-17)23(29-19)28-18-8-3-2-4-9-18/h2-4,8-9,16-17,27,32H,5-7,10-12,14-15H2,1H3,(H,28,29). The van der Waals surface area contributed by atoms with Gasteiger partial charge in [-0.2, -0.15) is 5.26 Å². The van der Waals surface area contributed by atoms with Crippen molar-refractivity contribution < 1.29 is 14.6 Å². The summed E-state index contributed by atoms with van der Waals surface area (Å²) in [7, 11) is 1.32. The molecule has 3 N–H and O–H groups in total. The van der Waals surface area contributed by atoms with Gasteiger partial charge in [-0.05, 0) is 43.9 Å². The number of anilines is 3. The Hall–Kier alpha value is -3.44. The maximum absolute atomic E-state index is 12.5. The van der Waals surface area contributed by atoms with Gasteiger partial charge >= 0.3 is 5.97 Å². The summed E-state index contributed by atoms with van der Waals surface area (Å²) in [5, 5.41) is 32.1. The van der Waals surface area contributed by atoms with Crippen LogP contribution in [0.2, 0.25) is 0 Å². The number of methoxy groups -OCH3 is 1. The lowest BCUT2D eigenvalue weighted by Crippen LogP contribution is -2.45. The van der Waals surface area contributed by atoms with Crippen LogP contribution in [0.4, 0.5) is 17.2 Å². The minimum Gasteiger partial charge on any atom is -0.464 e. The SMILES string of the molecule is COC(=O)c1cc(N2CCC(O)(CC#N)CC2)c(C(=N)C2CCC2)c(Nc2ccccc2)n1. The average Bonchev–Trinajstić information content (AvgIpc) is 2.78. The van der Waals surface area contributed by atoms with Crippen molar-refractivity contribution in [1.82, 2.24) is 4.98 Å². The average molecular weight is 448 g/mol. The van der Waals surface area contributed by atoms with E-state index < -0.39 is 11.6 Å². The van der Waals surface area contributed by atoms with Crippen molar-refractivity contribution in [2.45, 2.75) is 44.1 Å². The molecule has 2 fully saturated rings. The molecule has 0 unspecified atom stereocenters. The molecule has 2 aliphatic rings. The van der Waals surface area contributed by atoms with Crippen LogP contribution in [0.5, 0.6) is 0 Å². The first-order chi connectivity index (χ1) is 15.9. The number of carbonyl (C=O) groups is 1. The van der Waals surface area contributed by atoms with Gasteiger partial charge in [0.15, 0.2) is 5.69 Å². The molecule has 2 aromatic rings. The number of pyridine rings is 1. The Morgan fingerprint density at radius 2 is 2.03 bits per heavy atom. The number of hydrogen-bond donors (Lipinski definition) is 3. The molecule has 0 bridgehead atoms. The molecule has 172 valence electrons. The highest BCUT2D eigenvalue weighted by Gasteiger charge is 2.35. The van der Waals surface area contributed by atoms with Crippen LogP contribution >= 0.6 is 0 Å². The molecule has 33 heavy (non-hydrogen) atoms. The lowest BCUT2D eigenvalue weighted by atomic mass is 9.78. The fourth-order valence-corrected chi connectivity index (χ4v) is 4.39. The van der Waals surface area contributed by atoms with Crippen LogP contribution in [0.1, 0.15) is 54.6 Å². The van der Waals surface area contributed by atoms with Gasteiger partial charge in [0.1, 0.15) is 5.82 Å². The Kier molecular flexibility index (Phi) is 6.61. The summed E-state index contributed by atoms with van der Waals surface area (Å²) in [5.74, 6) is 0.0621. The Bertz CT molecular complexity index is 1070. The van der Waals surface area contributed by atoms with E-state index in [4.69, 9.17) is 15.4 Å². The monoisotopic (exact) mass is 447 g/mol. The molecular weight excluding hydrogens is 418 g/mol. The summed E-state index contributed by atoms with van der Waals surface area (Å²) >= 11 is 0. The number of nitrogens with zero attached hydrogens (tertiary/aromatic N) is 3. The van der Waals surface area contributed by atoms with E-state index in [-0.39, 0.29) is 18.0 Å². The van der Waals surface area contributed by atoms with E-state index in [0.717, 1.165) is 30.6 Å². The first-order valence-electron chi connectivity index (χ1n) is 11.3. The molecule has 0 atom stereocenters. The number of ether oxygens (including phenoxy) is 1. The fraction of sp³-hybridized carbons (Fsp3) is 0.440. The number of aromatic nitrogens is 1. The van der Waals surface area contributed by atoms with Crippen molar-refractivity contribution in [3.63, 3.8) is 0 Å². The van der Waals surface area contributed by atoms with Crippen LogP contribution in [-0.2, 0) is 4.74 Å². The summed E-state index contributed by atoms with van der Waals surface area (Å²) in [4.78, 5) is 19.1. The Morgan fingerprint density at radius 1 is 1.33 bits per heavy atom. The molecule has 8 heteroatoms. The molecule has 1 saturated carbocycles. The van der Waals surface area contributed by atoms with Crippen molar-refractivity contribution in [2.24, 2.45) is 5.92 Å². The molecule has 8 nitrogen and oxygen atoms in total. The van der Waals surface area contributed by atoms with Crippen LogP contribution in [0.25, 0.3) is 0 Å². The van der Waals surface area contributed by atoms with Gasteiger partial charge in [0.05, 0.1) is 36.5 Å². The third-order valence-electron chi connectivity index (χ3n) is 6.66. The molecular formula is C25H29N5O3. The van der Waals surface area contributed by atoms with E-state index in [2.05, 4.69) is 21.3 Å². The molecule has 0 radical (unpaired) electrons. The van der Waals surface area contributed by atoms with E-state index in [0.29, 0.717) is 43.0 Å². The molecule has 1 saturated heterocycles. The number of hydrogen-bond acceptors (Lipinski definition) is 8. The van der Waals surface area contributed by atoms with Gasteiger partial charge < -0.3 is 25.5 Å². The maximum Gasteiger partial charge on any atom is 0.356 e. The summed E-state index contributed by atoms with van der Waals surface area (Å²) in [6.07, 6.45) is 3.99. The maximum atomic E-state index is 12.5. The second kappa shape index (κ2) is 9.59. The predicted molar refractivity (Wildman–Crippen MR) is 126 cm³/mol. The lowest BCUT2D eigenvalue weighted by molar-refractivity contribution is 0.0207. The van der Waals surface area contributed by atoms with Crippen LogP contribution in [0.15, 0.2) is 36.4 Å². The van der Waals surface area contributed by atoms with Gasteiger partial charge in [-0.15, -0.1) is 0 Å². The fourth-order valence-electron chi connectivity index (χ4n) is 4.39. The Balaban J connectivity index is 1.78. The third-order valence-corrected chi connectivity index (χ3v) is 6.66. The Labute approximate surface area is 193 Å². The van der Waals surface area contributed by atoms with Crippen molar-refractivity contribution in [2.75, 3.05) is 30.4 Å². The highest BCUT2D eigenvalue weighted by atomic mass is 16.5. The third kappa shape index (κ3) is 4.83. The second-order valence-corrected chi connectivity index (χ2v) is 8.82. The smallest absolute Gasteiger partial charge is 0.356 e. The zero-order chi connectivity index (χ0) is 23.4. The molecule has 1 aliphatic heterocycles. The summed E-state index contributed by atoms with van der Waals surface area (Å²) in [5.41, 5.74) is 1.89. The number of benzene rings is 1. The molecule has 1 aromatic heterocycles. The zero-order valence-electron chi connectivity index (χ0n) is 18.8. The number of piperidine rings is 1. The minimum absolute atomic E-state index is 0.0934. The van der Waals surface area contributed by atoms with Crippen molar-refractivity contribution in [3.05, 3.63) is 47.7 Å². The molecule has 1 aliphatic carbocycles. The first kappa shape index (κ1) is 22.7. The normalized spacial score (nSPS) is 17.5. The van der Waals surface area contributed by atoms with E-state index in [1.165, 1.54) is 7.11 Å². The van der Waals surface area contributed by atoms with Crippen LogP contribution in [0.3, 0.4) is 0 Å². The quantitative estimate of drug-likeness (QED) is 0.433. The molecule has 0 spiro atoms. The van der Waals surface area contributed by atoms with Gasteiger partial charge in [-0.25, -0.2) is 9.78 Å². The van der Waals surface area contributed by atoms with Gasteiger partial charge in [-0.3, -0.25) is 0 Å². The van der Waals surface area contributed by atoms with E-state index in [1.807, 2.05) is 30.3 Å². The Morgan fingerprint density at radius 3 is 2.61 bits per heavy atom. The van der Waals surface area contributed by atoms with Gasteiger partial charge in [-0.1, -0.05) is 24.6 Å². The number of carbonyl (C=O) groups excluding carboxylic acids is 1. The summed E-state index contributed by atoms with van der Waals surface area (Å²) < 4.78 is 4.95. The zero-order valence-corrected chi connectivity index (χ0v) is 18.8. The highest BCUT2D eigenvalue weighted by molar-refractivity contribution is 6.10. The van der Waals surface area contributed by atoms with E-state index in [1.54, 1.807) is 6.07 Å². The first-order valence-corrected chi connectivity index (χ1v) is 11.3. The summed E-state index contributed by atoms with van der Waals surface area (Å²) in [6.45, 7) is 1.02. The number of para-hydroxylation sites is 1. The number of rotatable bonds is 7. The lowest BCUT2D eigenvalue weighted by Gasteiger charge is -2.40. The second-order valence-electron chi connectivity index (χ2n) is 8.82. The summed E-state index contributed by atoms with van der Waals surface area (Å²) in [6, 6.07) is 13.3. The molecule has 1 aromatic carbocycles. The topological polar surface area (TPSA) is 122 Å². The minimum atomic E-state index is -1.00. The van der Waals surface area contributed by atoms with Gasteiger partial charge in [0, 0.05) is 30.4 Å². The van der Waals surface area contributed by atoms with Gasteiger partial charge in [0.25, 0.3) is 0 Å². The number of aliphatic hydroxyl groups is 1. The van der Waals surface area contributed by atoms with Crippen molar-refractivity contribution in [3.8, 4) is 6.07 Å². The predicted octanol–water partition coefficient (Wildman–Crippen LogP) is 4.02. The number of nitrogens with one attached hydrogen (secondary N) is 2. The molecule has 0 amide bonds. The van der Waals surface area contributed by atoms with Crippen molar-refractivity contribution in [1.29, 1.82) is 10.7 Å². The van der Waals surface area contributed by atoms with Gasteiger partial charge in [0.2, 0.25) is 0 Å². The van der Waals surface area contributed by atoms with Crippen LogP contribution in [0, 0.1) is 22.7 Å². The van der Waals surface area contributed by atoms with Crippen molar-refractivity contribution >= 4 is 28.9 Å². The largest absolute Gasteiger partial charge is 0.464 e. The number of esters is 1. The van der Waals surface area contributed by atoms with E-state index in [9.17, 15) is 9.90 Å². The number of nitriles is 1. The van der Waals surface area contributed by atoms with Crippen LogP contribution < -0.4 is 10.2 Å². The van der Waals surface area contributed by atoms with Crippen LogP contribution in [-0.4, -0.2) is 47.6 Å². The molecule has 2 heterocycles. The molecule has 4 rings (SSSR count). The van der Waals surface area contributed by atoms with E-state index >= 15 is 0 Å².